The van der Waals surface area contributed by atoms with E-state index in [0.717, 1.165) is 96.3 Å². The molecule has 0 aromatic carbocycles. The number of phosphoric acid groups is 1. The molecule has 0 saturated heterocycles. The summed E-state index contributed by atoms with van der Waals surface area (Å²) >= 11 is 0. The van der Waals surface area contributed by atoms with Gasteiger partial charge in [-0.15, -0.1) is 0 Å². The van der Waals surface area contributed by atoms with E-state index < -0.39 is 57.8 Å². The van der Waals surface area contributed by atoms with Crippen LogP contribution in [0.1, 0.15) is 290 Å². The van der Waals surface area contributed by atoms with Gasteiger partial charge in [-0.25, -0.2) is 4.57 Å². The first kappa shape index (κ1) is 68.0. The monoisotopic (exact) mass is 1010 g/mol. The molecular weight excluding hydrogens is 904 g/mol. The van der Waals surface area contributed by atoms with Gasteiger partial charge in [0.15, 0.2) is 6.10 Å². The number of rotatable bonds is 55. The second-order valence-corrected chi connectivity index (χ2v) is 21.3. The summed E-state index contributed by atoms with van der Waals surface area (Å²) in [7, 11) is -4.74. The summed E-state index contributed by atoms with van der Waals surface area (Å²) in [6.07, 6.45) is 52.8. The minimum atomic E-state index is -4.74. The van der Waals surface area contributed by atoms with E-state index in [4.69, 9.17) is 23.3 Å². The SMILES string of the molecule is CCCC/C=C\CCCCCCCC(=O)OCC(COP(=O)(O)OCC(CO)OC(=O)CCCCCCC/C=C\CCCCCC)OC(=O)CCCCCCCCCCCCCCCCCCCCC. The molecule has 0 fully saturated rings. The Morgan fingerprint density at radius 2 is 0.671 bits per heavy atom. The molecule has 12 heteroatoms. The van der Waals surface area contributed by atoms with Crippen LogP contribution in [-0.4, -0.2) is 66.5 Å². The fourth-order valence-electron chi connectivity index (χ4n) is 8.33. The molecule has 0 aromatic heterocycles. The van der Waals surface area contributed by atoms with Crippen molar-refractivity contribution in [2.75, 3.05) is 26.4 Å². The molecule has 0 aliphatic rings. The topological polar surface area (TPSA) is 155 Å². The van der Waals surface area contributed by atoms with Gasteiger partial charge in [-0.3, -0.25) is 23.4 Å². The summed E-state index contributed by atoms with van der Waals surface area (Å²) in [4.78, 5) is 48.4. The van der Waals surface area contributed by atoms with Gasteiger partial charge in [-0.1, -0.05) is 231 Å². The molecule has 70 heavy (non-hydrogen) atoms. The minimum Gasteiger partial charge on any atom is -0.462 e. The van der Waals surface area contributed by atoms with E-state index in [1.165, 1.54) is 135 Å². The molecule has 2 N–H and O–H groups in total. The van der Waals surface area contributed by atoms with Crippen LogP contribution in [0.2, 0.25) is 0 Å². The molecule has 0 aliphatic heterocycles. The summed E-state index contributed by atoms with van der Waals surface area (Å²) < 4.78 is 39.5. The number of carbonyl (C=O) groups excluding carboxylic acids is 3. The third-order valence-corrected chi connectivity index (χ3v) is 13.8. The second kappa shape index (κ2) is 53.3. The molecule has 3 atom stereocenters. The molecule has 0 heterocycles. The standard InChI is InChI=1S/C58H109O11P/c1-4-7-10-13-16-19-22-24-25-26-27-28-29-31-34-37-40-43-46-49-58(62)69-55(51-65-56(60)47-44-41-38-35-32-21-18-15-12-9-6-3)53-67-70(63,64)66-52-54(50-59)68-57(61)48-45-42-39-36-33-30-23-20-17-14-11-8-5-2/h15,18,20,23,54-55,59H,4-14,16-17,19,21-22,24-53H2,1-3H3,(H,63,64)/b18-15-,23-20-. The fraction of sp³-hybridized carbons (Fsp3) is 0.879. The quantitative estimate of drug-likeness (QED) is 0.0197. The molecule has 0 radical (unpaired) electrons. The molecular formula is C58H109O11P. The van der Waals surface area contributed by atoms with Crippen LogP contribution in [0.4, 0.5) is 0 Å². The van der Waals surface area contributed by atoms with Crippen molar-refractivity contribution >= 4 is 25.7 Å². The number of hydrogen-bond donors (Lipinski definition) is 2. The van der Waals surface area contributed by atoms with Crippen LogP contribution >= 0.6 is 7.82 Å². The zero-order chi connectivity index (χ0) is 51.3. The number of esters is 3. The van der Waals surface area contributed by atoms with Gasteiger partial charge in [-0.05, 0) is 64.2 Å². The van der Waals surface area contributed by atoms with Crippen molar-refractivity contribution < 1.29 is 52.2 Å². The predicted molar refractivity (Wildman–Crippen MR) is 289 cm³/mol. The molecule has 0 amide bonds. The average Bonchev–Trinajstić information content (AvgIpc) is 3.35. The highest BCUT2D eigenvalue weighted by atomic mass is 31.2. The first-order valence-corrected chi connectivity index (χ1v) is 30.7. The van der Waals surface area contributed by atoms with E-state index in [2.05, 4.69) is 45.1 Å². The first-order chi connectivity index (χ1) is 34.2. The van der Waals surface area contributed by atoms with Crippen LogP contribution in [0.5, 0.6) is 0 Å². The highest BCUT2D eigenvalue weighted by Gasteiger charge is 2.28. The van der Waals surface area contributed by atoms with Crippen molar-refractivity contribution in [2.24, 2.45) is 0 Å². The van der Waals surface area contributed by atoms with Gasteiger partial charge in [0.1, 0.15) is 12.7 Å². The Balaban J connectivity index is 4.64. The number of carbonyl (C=O) groups is 3. The van der Waals surface area contributed by atoms with Gasteiger partial charge in [0.2, 0.25) is 0 Å². The number of unbranched alkanes of at least 4 members (excludes halogenated alkanes) is 34. The molecule has 0 bridgehead atoms. The van der Waals surface area contributed by atoms with E-state index in [-0.39, 0.29) is 25.9 Å². The summed E-state index contributed by atoms with van der Waals surface area (Å²) in [5, 5.41) is 9.80. The van der Waals surface area contributed by atoms with Crippen molar-refractivity contribution in [1.29, 1.82) is 0 Å². The van der Waals surface area contributed by atoms with Gasteiger partial charge < -0.3 is 24.2 Å². The van der Waals surface area contributed by atoms with E-state index >= 15 is 0 Å². The number of phosphoric ester groups is 1. The van der Waals surface area contributed by atoms with Crippen LogP contribution in [0.25, 0.3) is 0 Å². The van der Waals surface area contributed by atoms with Gasteiger partial charge in [-0.2, -0.15) is 0 Å². The smallest absolute Gasteiger partial charge is 0.462 e. The Morgan fingerprint density at radius 1 is 0.386 bits per heavy atom. The maximum Gasteiger partial charge on any atom is 0.472 e. The Hall–Kier alpha value is -2.04. The first-order valence-electron chi connectivity index (χ1n) is 29.2. The lowest BCUT2D eigenvalue weighted by atomic mass is 10.0. The number of hydrogen-bond acceptors (Lipinski definition) is 10. The van der Waals surface area contributed by atoms with Gasteiger partial charge in [0, 0.05) is 19.3 Å². The fourth-order valence-corrected chi connectivity index (χ4v) is 9.12. The van der Waals surface area contributed by atoms with Crippen molar-refractivity contribution in [1.82, 2.24) is 0 Å². The second-order valence-electron chi connectivity index (χ2n) is 19.8. The average molecular weight is 1010 g/mol. The van der Waals surface area contributed by atoms with Crippen LogP contribution in [0.15, 0.2) is 24.3 Å². The van der Waals surface area contributed by atoms with Gasteiger partial charge in [0.25, 0.3) is 0 Å². The summed E-state index contributed by atoms with van der Waals surface area (Å²) in [5.41, 5.74) is 0. The van der Waals surface area contributed by atoms with Gasteiger partial charge in [0.05, 0.1) is 19.8 Å². The number of ether oxygens (including phenoxy) is 3. The van der Waals surface area contributed by atoms with Gasteiger partial charge >= 0.3 is 25.7 Å². The highest BCUT2D eigenvalue weighted by molar-refractivity contribution is 7.47. The summed E-state index contributed by atoms with van der Waals surface area (Å²) in [6, 6.07) is 0. The molecule has 0 aromatic rings. The molecule has 0 aliphatic carbocycles. The maximum atomic E-state index is 12.9. The van der Waals surface area contributed by atoms with Crippen molar-refractivity contribution in [3.8, 4) is 0 Å². The number of aliphatic hydroxyl groups is 1. The number of allylic oxidation sites excluding steroid dienone is 4. The largest absolute Gasteiger partial charge is 0.472 e. The third kappa shape index (κ3) is 50.9. The Labute approximate surface area is 429 Å². The van der Waals surface area contributed by atoms with E-state index in [1.54, 1.807) is 0 Å². The number of aliphatic hydroxyl groups excluding tert-OH is 1. The predicted octanol–water partition coefficient (Wildman–Crippen LogP) is 17.0. The van der Waals surface area contributed by atoms with E-state index in [9.17, 15) is 28.9 Å². The molecule has 11 nitrogen and oxygen atoms in total. The zero-order valence-electron chi connectivity index (χ0n) is 45.5. The summed E-state index contributed by atoms with van der Waals surface area (Å²) in [6.45, 7) is 4.62. The summed E-state index contributed by atoms with van der Waals surface area (Å²) in [5.74, 6) is -1.46. The Morgan fingerprint density at radius 3 is 1.04 bits per heavy atom. The maximum absolute atomic E-state index is 12.9. The van der Waals surface area contributed by atoms with Crippen molar-refractivity contribution in [3.05, 3.63) is 24.3 Å². The Bertz CT molecular complexity index is 1270. The molecule has 0 saturated carbocycles. The van der Waals surface area contributed by atoms with Crippen molar-refractivity contribution in [2.45, 2.75) is 303 Å². The van der Waals surface area contributed by atoms with E-state index in [0.29, 0.717) is 19.3 Å². The minimum absolute atomic E-state index is 0.170. The lowest BCUT2D eigenvalue weighted by Gasteiger charge is -2.21. The van der Waals surface area contributed by atoms with E-state index in [1.807, 2.05) is 0 Å². The van der Waals surface area contributed by atoms with Crippen LogP contribution in [-0.2, 0) is 42.2 Å². The molecule has 0 rings (SSSR count). The van der Waals surface area contributed by atoms with Crippen LogP contribution < -0.4 is 0 Å². The lowest BCUT2D eigenvalue weighted by Crippen LogP contribution is -2.30. The normalized spacial score (nSPS) is 13.5. The highest BCUT2D eigenvalue weighted by Crippen LogP contribution is 2.43. The van der Waals surface area contributed by atoms with Crippen LogP contribution in [0, 0.1) is 0 Å². The molecule has 0 spiro atoms. The van der Waals surface area contributed by atoms with Crippen LogP contribution in [0.3, 0.4) is 0 Å². The molecule has 3 unspecified atom stereocenters. The third-order valence-electron chi connectivity index (χ3n) is 12.8. The Kier molecular flexibility index (Phi) is 51.7. The van der Waals surface area contributed by atoms with Crippen molar-refractivity contribution in [3.63, 3.8) is 0 Å². The lowest BCUT2D eigenvalue weighted by molar-refractivity contribution is -0.161. The zero-order valence-corrected chi connectivity index (χ0v) is 46.4. The molecule has 412 valence electrons.